The first-order chi connectivity index (χ1) is 11.3. The molecule has 1 aromatic carbocycles. The van der Waals surface area contributed by atoms with Gasteiger partial charge in [-0.05, 0) is 18.4 Å². The first-order valence-electron chi connectivity index (χ1n) is 7.56. The number of hydrogen-bond acceptors (Lipinski definition) is 4. The number of rotatable bonds is 2. The van der Waals surface area contributed by atoms with E-state index in [-0.39, 0.29) is 23.1 Å². The van der Waals surface area contributed by atoms with Crippen molar-refractivity contribution in [1.29, 1.82) is 0 Å². The lowest BCUT2D eigenvalue weighted by Crippen LogP contribution is -2.35. The Morgan fingerprint density at radius 3 is 2.91 bits per heavy atom. The van der Waals surface area contributed by atoms with Crippen LogP contribution in [0.4, 0.5) is 0 Å². The van der Waals surface area contributed by atoms with Crippen molar-refractivity contribution in [3.05, 3.63) is 69.6 Å². The summed E-state index contributed by atoms with van der Waals surface area (Å²) in [5.41, 5.74) is 0.965. The number of benzene rings is 1. The molecule has 6 heteroatoms. The molecular weight excluding hydrogens is 310 g/mol. The summed E-state index contributed by atoms with van der Waals surface area (Å²) in [6.07, 6.45) is 4.94. The minimum atomic E-state index is -0.292. The Hall–Kier alpha value is -2.47. The van der Waals surface area contributed by atoms with Crippen LogP contribution in [0.25, 0.3) is 4.96 Å². The van der Waals surface area contributed by atoms with Crippen LogP contribution in [0.1, 0.15) is 34.8 Å². The van der Waals surface area contributed by atoms with E-state index in [1.807, 2.05) is 30.3 Å². The molecule has 0 bridgehead atoms. The van der Waals surface area contributed by atoms with Crippen molar-refractivity contribution in [2.45, 2.75) is 18.9 Å². The lowest BCUT2D eigenvalue weighted by Gasteiger charge is -2.24. The molecule has 1 amide bonds. The summed E-state index contributed by atoms with van der Waals surface area (Å²) in [5, 5.41) is 1.79. The number of fused-ring (bicyclic) bond motifs is 1. The van der Waals surface area contributed by atoms with Gasteiger partial charge < -0.3 is 4.90 Å². The smallest absolute Gasteiger partial charge is 0.271 e. The number of carbonyl (C=O) groups is 1. The van der Waals surface area contributed by atoms with Crippen LogP contribution in [0.3, 0.4) is 0 Å². The van der Waals surface area contributed by atoms with E-state index in [1.54, 1.807) is 16.5 Å². The van der Waals surface area contributed by atoms with Crippen LogP contribution >= 0.6 is 11.3 Å². The summed E-state index contributed by atoms with van der Waals surface area (Å²) in [5.74, 6) is -0.227. The molecular formula is C17H15N3O2S. The van der Waals surface area contributed by atoms with E-state index >= 15 is 0 Å². The fourth-order valence-electron chi connectivity index (χ4n) is 3.16. The predicted molar refractivity (Wildman–Crippen MR) is 88.8 cm³/mol. The summed E-state index contributed by atoms with van der Waals surface area (Å²) in [6, 6.07) is 10.0. The standard InChI is InChI=1S/C17H15N3O2S/c21-15(13-11-18-17-20(16(13)22)9-10-23-17)19-8-4-7-14(19)12-5-2-1-3-6-12/h1-3,5-6,9-11,14H,4,7-8H2. The molecule has 5 nitrogen and oxygen atoms in total. The number of amides is 1. The van der Waals surface area contributed by atoms with Gasteiger partial charge in [0.2, 0.25) is 0 Å². The van der Waals surface area contributed by atoms with Crippen LogP contribution in [0.15, 0.2) is 52.9 Å². The van der Waals surface area contributed by atoms with Gasteiger partial charge in [-0.25, -0.2) is 4.98 Å². The van der Waals surface area contributed by atoms with Gasteiger partial charge in [-0.3, -0.25) is 14.0 Å². The highest BCUT2D eigenvalue weighted by Crippen LogP contribution is 2.32. The largest absolute Gasteiger partial charge is 0.331 e. The molecule has 23 heavy (non-hydrogen) atoms. The van der Waals surface area contributed by atoms with Crippen molar-refractivity contribution in [3.63, 3.8) is 0 Å². The molecule has 3 heterocycles. The summed E-state index contributed by atoms with van der Waals surface area (Å²) >= 11 is 1.38. The first kappa shape index (κ1) is 14.1. The molecule has 0 radical (unpaired) electrons. The van der Waals surface area contributed by atoms with E-state index in [1.165, 1.54) is 21.9 Å². The third kappa shape index (κ3) is 2.35. The van der Waals surface area contributed by atoms with Crippen molar-refractivity contribution >= 4 is 22.2 Å². The van der Waals surface area contributed by atoms with E-state index in [0.29, 0.717) is 11.5 Å². The minimum Gasteiger partial charge on any atom is -0.331 e. The predicted octanol–water partition coefficient (Wildman–Crippen LogP) is 2.73. The maximum atomic E-state index is 12.9. The van der Waals surface area contributed by atoms with Crippen molar-refractivity contribution in [3.8, 4) is 0 Å². The first-order valence-corrected chi connectivity index (χ1v) is 8.44. The Bertz CT molecular complexity index is 916. The van der Waals surface area contributed by atoms with Gasteiger partial charge in [-0.1, -0.05) is 30.3 Å². The topological polar surface area (TPSA) is 54.7 Å². The van der Waals surface area contributed by atoms with E-state index in [0.717, 1.165) is 18.4 Å². The van der Waals surface area contributed by atoms with Crippen LogP contribution in [-0.2, 0) is 0 Å². The van der Waals surface area contributed by atoms with E-state index in [2.05, 4.69) is 4.98 Å². The molecule has 3 aromatic rings. The number of carbonyl (C=O) groups excluding carboxylic acids is 1. The fourth-order valence-corrected chi connectivity index (χ4v) is 3.83. The Balaban J connectivity index is 1.72. The maximum absolute atomic E-state index is 12.9. The monoisotopic (exact) mass is 325 g/mol. The van der Waals surface area contributed by atoms with Gasteiger partial charge in [0, 0.05) is 24.3 Å². The van der Waals surface area contributed by atoms with Gasteiger partial charge in [0.1, 0.15) is 5.56 Å². The molecule has 1 fully saturated rings. The van der Waals surface area contributed by atoms with Gasteiger partial charge in [-0.2, -0.15) is 0 Å². The maximum Gasteiger partial charge on any atom is 0.271 e. The van der Waals surface area contributed by atoms with Crippen LogP contribution in [0.5, 0.6) is 0 Å². The van der Waals surface area contributed by atoms with Crippen LogP contribution in [-0.4, -0.2) is 26.7 Å². The number of likely N-dealkylation sites (tertiary alicyclic amines) is 1. The quantitative estimate of drug-likeness (QED) is 0.728. The third-order valence-electron chi connectivity index (χ3n) is 4.27. The van der Waals surface area contributed by atoms with Gasteiger partial charge >= 0.3 is 0 Å². The number of thiazole rings is 1. The number of hydrogen-bond donors (Lipinski definition) is 0. The Kier molecular flexibility index (Phi) is 3.46. The highest BCUT2D eigenvalue weighted by atomic mass is 32.1. The zero-order valence-corrected chi connectivity index (χ0v) is 13.2. The second-order valence-electron chi connectivity index (χ2n) is 5.60. The van der Waals surface area contributed by atoms with Gasteiger partial charge in [0.15, 0.2) is 4.96 Å². The molecule has 1 atom stereocenters. The molecule has 1 aliphatic heterocycles. The molecule has 116 valence electrons. The average molecular weight is 325 g/mol. The highest BCUT2D eigenvalue weighted by Gasteiger charge is 2.32. The lowest BCUT2D eigenvalue weighted by atomic mass is 10.0. The highest BCUT2D eigenvalue weighted by molar-refractivity contribution is 7.15. The second-order valence-corrected chi connectivity index (χ2v) is 6.47. The molecule has 0 aliphatic carbocycles. The van der Waals surface area contributed by atoms with E-state index < -0.39 is 0 Å². The van der Waals surface area contributed by atoms with Crippen molar-refractivity contribution in [2.75, 3.05) is 6.54 Å². The Morgan fingerprint density at radius 2 is 2.09 bits per heavy atom. The summed E-state index contributed by atoms with van der Waals surface area (Å²) in [4.78, 5) is 32.0. The molecule has 1 unspecified atom stereocenters. The zero-order chi connectivity index (χ0) is 15.8. The minimum absolute atomic E-state index is 0.0336. The Morgan fingerprint density at radius 1 is 1.26 bits per heavy atom. The van der Waals surface area contributed by atoms with Crippen LogP contribution in [0.2, 0.25) is 0 Å². The third-order valence-corrected chi connectivity index (χ3v) is 5.04. The van der Waals surface area contributed by atoms with Crippen molar-refractivity contribution < 1.29 is 4.79 Å². The number of aromatic nitrogens is 2. The zero-order valence-electron chi connectivity index (χ0n) is 12.4. The van der Waals surface area contributed by atoms with Crippen molar-refractivity contribution in [2.24, 2.45) is 0 Å². The molecule has 0 spiro atoms. The Labute approximate surface area is 136 Å². The number of nitrogens with zero attached hydrogens (tertiary/aromatic N) is 3. The second kappa shape index (κ2) is 5.62. The summed E-state index contributed by atoms with van der Waals surface area (Å²) in [7, 11) is 0. The van der Waals surface area contributed by atoms with Crippen molar-refractivity contribution in [1.82, 2.24) is 14.3 Å². The SMILES string of the molecule is O=C(c1cnc2sccn2c1=O)N1CCCC1c1ccccc1. The average Bonchev–Trinajstić information content (AvgIpc) is 3.25. The fraction of sp³-hybridized carbons (Fsp3) is 0.235. The normalized spacial score (nSPS) is 17.7. The van der Waals surface area contributed by atoms with Gasteiger partial charge in [0.05, 0.1) is 6.04 Å². The molecule has 2 aromatic heterocycles. The van der Waals surface area contributed by atoms with Gasteiger partial charge in [-0.15, -0.1) is 11.3 Å². The molecule has 0 N–H and O–H groups in total. The van der Waals surface area contributed by atoms with Crippen LogP contribution < -0.4 is 5.56 Å². The molecule has 1 saturated heterocycles. The molecule has 1 aliphatic rings. The lowest BCUT2D eigenvalue weighted by molar-refractivity contribution is 0.0733. The summed E-state index contributed by atoms with van der Waals surface area (Å²) < 4.78 is 1.44. The van der Waals surface area contributed by atoms with E-state index in [4.69, 9.17) is 0 Å². The van der Waals surface area contributed by atoms with Gasteiger partial charge in [0.25, 0.3) is 11.5 Å². The van der Waals surface area contributed by atoms with E-state index in [9.17, 15) is 9.59 Å². The molecule has 4 rings (SSSR count). The summed E-state index contributed by atoms with van der Waals surface area (Å²) in [6.45, 7) is 0.671. The molecule has 0 saturated carbocycles. The van der Waals surface area contributed by atoms with Crippen LogP contribution in [0, 0.1) is 0 Å².